The average molecular weight is 220 g/mol. The summed E-state index contributed by atoms with van der Waals surface area (Å²) in [6, 6.07) is 2.12. The van der Waals surface area contributed by atoms with Gasteiger partial charge < -0.3 is 4.42 Å². The van der Waals surface area contributed by atoms with Gasteiger partial charge in [0.25, 0.3) is 0 Å². The summed E-state index contributed by atoms with van der Waals surface area (Å²) in [6.45, 7) is 6.22. The molecule has 2 rings (SSSR count). The van der Waals surface area contributed by atoms with E-state index in [1.807, 2.05) is 6.92 Å². The Kier molecular flexibility index (Phi) is 2.92. The van der Waals surface area contributed by atoms with Crippen molar-refractivity contribution in [2.75, 3.05) is 0 Å². The number of hydrogen-bond donors (Lipinski definition) is 0. The fourth-order valence-electron chi connectivity index (χ4n) is 2.70. The number of rotatable bonds is 2. The second-order valence-corrected chi connectivity index (χ2v) is 5.05. The van der Waals surface area contributed by atoms with E-state index < -0.39 is 0 Å². The molecule has 0 amide bonds. The van der Waals surface area contributed by atoms with Gasteiger partial charge in [-0.1, -0.05) is 6.92 Å². The van der Waals surface area contributed by atoms with Gasteiger partial charge in [-0.3, -0.25) is 4.79 Å². The van der Waals surface area contributed by atoms with Crippen LogP contribution in [0.3, 0.4) is 0 Å². The third-order valence-corrected chi connectivity index (χ3v) is 4.01. The first-order chi connectivity index (χ1) is 7.57. The molecule has 0 saturated heterocycles. The third kappa shape index (κ3) is 1.81. The molecule has 2 nitrogen and oxygen atoms in total. The maximum Gasteiger partial charge on any atom is 0.133 e. The van der Waals surface area contributed by atoms with Gasteiger partial charge in [0.2, 0.25) is 0 Å². The highest BCUT2D eigenvalue weighted by molar-refractivity contribution is 5.80. The summed E-state index contributed by atoms with van der Waals surface area (Å²) in [5, 5.41) is 0. The van der Waals surface area contributed by atoms with Crippen molar-refractivity contribution in [2.24, 2.45) is 0 Å². The molecule has 1 fully saturated rings. The second-order valence-electron chi connectivity index (χ2n) is 5.05. The summed E-state index contributed by atoms with van der Waals surface area (Å²) in [7, 11) is 0. The summed E-state index contributed by atoms with van der Waals surface area (Å²) in [6.07, 6.45) is 4.49. The van der Waals surface area contributed by atoms with Crippen LogP contribution in [-0.2, 0) is 10.2 Å². The van der Waals surface area contributed by atoms with Crippen molar-refractivity contribution in [1.82, 2.24) is 0 Å². The zero-order chi connectivity index (χ0) is 11.8. The van der Waals surface area contributed by atoms with E-state index in [9.17, 15) is 4.79 Å². The zero-order valence-corrected chi connectivity index (χ0v) is 10.4. The highest BCUT2D eigenvalue weighted by Crippen LogP contribution is 2.42. The molecule has 0 aliphatic heterocycles. The van der Waals surface area contributed by atoms with Crippen LogP contribution in [-0.4, -0.2) is 5.78 Å². The van der Waals surface area contributed by atoms with E-state index in [0.717, 1.165) is 37.2 Å². The van der Waals surface area contributed by atoms with Crippen LogP contribution in [0.25, 0.3) is 0 Å². The molecular formula is C14H20O2. The second kappa shape index (κ2) is 4.08. The molecule has 0 radical (unpaired) electrons. The minimum absolute atomic E-state index is 0.0195. The minimum atomic E-state index is -0.0195. The molecule has 0 aromatic carbocycles. The normalized spacial score (nSPS) is 26.1. The van der Waals surface area contributed by atoms with Gasteiger partial charge in [-0.25, -0.2) is 0 Å². The predicted molar refractivity (Wildman–Crippen MR) is 63.6 cm³/mol. The number of aryl methyl sites for hydroxylation is 2. The number of ketones is 1. The van der Waals surface area contributed by atoms with Crippen LogP contribution in [0, 0.1) is 13.8 Å². The predicted octanol–water partition coefficient (Wildman–Crippen LogP) is 3.69. The van der Waals surface area contributed by atoms with E-state index in [1.54, 1.807) is 0 Å². The summed E-state index contributed by atoms with van der Waals surface area (Å²) >= 11 is 0. The molecule has 0 spiro atoms. The van der Waals surface area contributed by atoms with Gasteiger partial charge >= 0.3 is 0 Å². The number of carbonyl (C=O) groups is 1. The van der Waals surface area contributed by atoms with E-state index in [1.165, 1.54) is 5.56 Å². The topological polar surface area (TPSA) is 30.2 Å². The smallest absolute Gasteiger partial charge is 0.133 e. The van der Waals surface area contributed by atoms with E-state index in [-0.39, 0.29) is 5.41 Å². The number of Topliss-reactive ketones (excluding diaryl/α,β-unsaturated/α-hetero) is 1. The molecular weight excluding hydrogens is 200 g/mol. The van der Waals surface area contributed by atoms with E-state index in [0.29, 0.717) is 12.2 Å². The van der Waals surface area contributed by atoms with Crippen LogP contribution in [0.5, 0.6) is 0 Å². The van der Waals surface area contributed by atoms with Crippen molar-refractivity contribution in [2.45, 2.75) is 58.3 Å². The molecule has 1 saturated carbocycles. The van der Waals surface area contributed by atoms with Gasteiger partial charge in [0.1, 0.15) is 17.3 Å². The lowest BCUT2D eigenvalue weighted by molar-refractivity contribution is -0.122. The van der Waals surface area contributed by atoms with Crippen LogP contribution < -0.4 is 0 Å². The van der Waals surface area contributed by atoms with Crippen molar-refractivity contribution in [3.63, 3.8) is 0 Å². The third-order valence-electron chi connectivity index (χ3n) is 4.01. The van der Waals surface area contributed by atoms with Gasteiger partial charge in [0.05, 0.1) is 0 Å². The van der Waals surface area contributed by atoms with Gasteiger partial charge in [0, 0.05) is 18.3 Å². The van der Waals surface area contributed by atoms with Gasteiger partial charge in [-0.15, -0.1) is 0 Å². The largest absolute Gasteiger partial charge is 0.465 e. The molecule has 0 N–H and O–H groups in total. The van der Waals surface area contributed by atoms with Gasteiger partial charge in [-0.2, -0.15) is 0 Å². The van der Waals surface area contributed by atoms with Crippen LogP contribution >= 0.6 is 0 Å². The van der Waals surface area contributed by atoms with Crippen molar-refractivity contribution < 1.29 is 9.21 Å². The quantitative estimate of drug-likeness (QED) is 0.761. The first-order valence-electron chi connectivity index (χ1n) is 6.16. The number of hydrogen-bond acceptors (Lipinski definition) is 2. The molecule has 1 atom stereocenters. The average Bonchev–Trinajstić information content (AvgIpc) is 2.59. The molecule has 1 aliphatic carbocycles. The maximum absolute atomic E-state index is 11.7. The van der Waals surface area contributed by atoms with Crippen molar-refractivity contribution in [3.8, 4) is 0 Å². The van der Waals surface area contributed by atoms with Crippen LogP contribution in [0.2, 0.25) is 0 Å². The van der Waals surface area contributed by atoms with E-state index in [4.69, 9.17) is 4.42 Å². The molecule has 16 heavy (non-hydrogen) atoms. The zero-order valence-electron chi connectivity index (χ0n) is 10.4. The summed E-state index contributed by atoms with van der Waals surface area (Å²) in [4.78, 5) is 11.7. The Morgan fingerprint density at radius 2 is 2.19 bits per heavy atom. The van der Waals surface area contributed by atoms with Gasteiger partial charge in [-0.05, 0) is 44.7 Å². The molecule has 88 valence electrons. The van der Waals surface area contributed by atoms with Crippen molar-refractivity contribution in [1.29, 1.82) is 0 Å². The first kappa shape index (κ1) is 11.4. The molecule has 1 aliphatic rings. The lowest BCUT2D eigenvalue weighted by Crippen LogP contribution is -2.32. The summed E-state index contributed by atoms with van der Waals surface area (Å²) < 4.78 is 5.84. The molecule has 2 heteroatoms. The van der Waals surface area contributed by atoms with Crippen LogP contribution in [0.4, 0.5) is 0 Å². The SMILES string of the molecule is CCC1(c2cc(C)c(C)o2)CCCC(=O)C1. The number of carbonyl (C=O) groups excluding carboxylic acids is 1. The lowest BCUT2D eigenvalue weighted by Gasteiger charge is -2.33. The molecule has 0 bridgehead atoms. The van der Waals surface area contributed by atoms with Crippen molar-refractivity contribution in [3.05, 3.63) is 23.2 Å². The minimum Gasteiger partial charge on any atom is -0.465 e. The monoisotopic (exact) mass is 220 g/mol. The highest BCUT2D eigenvalue weighted by Gasteiger charge is 2.38. The fourth-order valence-corrected chi connectivity index (χ4v) is 2.70. The van der Waals surface area contributed by atoms with E-state index in [2.05, 4.69) is 19.9 Å². The first-order valence-corrected chi connectivity index (χ1v) is 6.16. The molecule has 1 unspecified atom stereocenters. The van der Waals surface area contributed by atoms with Crippen molar-refractivity contribution >= 4 is 5.78 Å². The fraction of sp³-hybridized carbons (Fsp3) is 0.643. The van der Waals surface area contributed by atoms with Crippen LogP contribution in [0.1, 0.15) is 56.1 Å². The lowest BCUT2D eigenvalue weighted by atomic mass is 9.70. The Balaban J connectivity index is 2.36. The van der Waals surface area contributed by atoms with E-state index >= 15 is 0 Å². The molecule has 1 aromatic heterocycles. The molecule has 1 aromatic rings. The summed E-state index contributed by atoms with van der Waals surface area (Å²) in [5.41, 5.74) is 1.18. The Morgan fingerprint density at radius 1 is 1.44 bits per heavy atom. The summed E-state index contributed by atoms with van der Waals surface area (Å²) in [5.74, 6) is 2.40. The van der Waals surface area contributed by atoms with Crippen LogP contribution in [0.15, 0.2) is 10.5 Å². The Labute approximate surface area is 97.0 Å². The standard InChI is InChI=1S/C14H20O2/c1-4-14(7-5-6-12(15)9-14)13-8-10(2)11(3)16-13/h8H,4-7,9H2,1-3H3. The molecule has 1 heterocycles. The Hall–Kier alpha value is -1.05. The highest BCUT2D eigenvalue weighted by atomic mass is 16.3. The maximum atomic E-state index is 11.7. The Bertz CT molecular complexity index is 383. The van der Waals surface area contributed by atoms with Gasteiger partial charge in [0.15, 0.2) is 0 Å². The Morgan fingerprint density at radius 3 is 2.69 bits per heavy atom. The number of furan rings is 1.